The zero-order chi connectivity index (χ0) is 25.4. The van der Waals surface area contributed by atoms with Crippen LogP contribution < -0.4 is 0 Å². The predicted molar refractivity (Wildman–Crippen MR) is 147 cm³/mol. The maximum absolute atomic E-state index is 12.1. The number of nitrogens with zero attached hydrogens (tertiary/aromatic N) is 2. The highest BCUT2D eigenvalue weighted by Gasteiger charge is 2.31. The zero-order valence-corrected chi connectivity index (χ0v) is 22.4. The Morgan fingerprint density at radius 3 is 2.38 bits per heavy atom. The summed E-state index contributed by atoms with van der Waals surface area (Å²) < 4.78 is 0. The van der Waals surface area contributed by atoms with Gasteiger partial charge in [0.15, 0.2) is 5.78 Å². The monoisotopic (exact) mass is 458 g/mol. The molecule has 0 spiro atoms. The third kappa shape index (κ3) is 6.56. The third-order valence-electron chi connectivity index (χ3n) is 6.55. The highest BCUT2D eigenvalue weighted by molar-refractivity contribution is 6.12. The van der Waals surface area contributed by atoms with Crippen molar-refractivity contribution < 1.29 is 4.79 Å². The summed E-state index contributed by atoms with van der Waals surface area (Å²) in [4.78, 5) is 19.4. The van der Waals surface area contributed by atoms with Crippen LogP contribution in [0, 0.1) is 11.8 Å². The van der Waals surface area contributed by atoms with Crippen LogP contribution in [0.1, 0.15) is 73.4 Å². The lowest BCUT2D eigenvalue weighted by molar-refractivity contribution is -0.113. The summed E-state index contributed by atoms with van der Waals surface area (Å²) in [6.07, 6.45) is 9.63. The Morgan fingerprint density at radius 1 is 1.21 bits per heavy atom. The molecule has 1 aromatic carbocycles. The van der Waals surface area contributed by atoms with Gasteiger partial charge in [-0.2, -0.15) is 0 Å². The number of allylic oxidation sites excluding steroid dienone is 7. The lowest BCUT2D eigenvalue weighted by atomic mass is 9.92. The van der Waals surface area contributed by atoms with Crippen molar-refractivity contribution in [2.45, 2.75) is 67.9 Å². The van der Waals surface area contributed by atoms with Crippen LogP contribution in [-0.4, -0.2) is 22.9 Å². The highest BCUT2D eigenvalue weighted by Crippen LogP contribution is 2.40. The second-order valence-electron chi connectivity index (χ2n) is 9.43. The maximum atomic E-state index is 12.1. The van der Waals surface area contributed by atoms with Crippen LogP contribution in [0.5, 0.6) is 0 Å². The van der Waals surface area contributed by atoms with Crippen molar-refractivity contribution in [3.63, 3.8) is 0 Å². The first-order valence-corrected chi connectivity index (χ1v) is 12.5. The number of Topliss-reactive ketones (excluding diaryl/α,β-unsaturated/α-hetero) is 1. The highest BCUT2D eigenvalue weighted by atomic mass is 16.1. The number of rotatable bonds is 8. The third-order valence-corrected chi connectivity index (χ3v) is 6.55. The first-order chi connectivity index (χ1) is 16.1. The first kappa shape index (κ1) is 27.3. The van der Waals surface area contributed by atoms with Gasteiger partial charge in [0.05, 0.1) is 17.5 Å². The Labute approximate surface area is 207 Å². The van der Waals surface area contributed by atoms with E-state index in [4.69, 9.17) is 4.99 Å². The molecule has 0 radical (unpaired) electrons. The molecule has 1 aromatic rings. The Hall–Kier alpha value is -2.94. The number of ketones is 1. The fraction of sp³-hybridized carbons (Fsp3) is 0.419. The fourth-order valence-electron chi connectivity index (χ4n) is 4.17. The molecule has 2 atom stereocenters. The molecule has 1 aliphatic heterocycles. The van der Waals surface area contributed by atoms with Crippen LogP contribution in [-0.2, 0) is 4.79 Å². The van der Waals surface area contributed by atoms with Gasteiger partial charge in [-0.3, -0.25) is 9.79 Å². The van der Waals surface area contributed by atoms with Gasteiger partial charge in [-0.05, 0) is 81.7 Å². The summed E-state index contributed by atoms with van der Waals surface area (Å²) in [6, 6.07) is 10.6. The number of carbonyl (C=O) groups is 1. The number of carbonyl (C=O) groups excluding carboxylic acids is 1. The van der Waals surface area contributed by atoms with Gasteiger partial charge in [0.25, 0.3) is 0 Å². The van der Waals surface area contributed by atoms with E-state index in [9.17, 15) is 4.79 Å². The molecule has 3 nitrogen and oxygen atoms in total. The molecule has 3 heteroatoms. The molecule has 2 rings (SSSR count). The van der Waals surface area contributed by atoms with Crippen molar-refractivity contribution in [2.24, 2.45) is 16.8 Å². The lowest BCUT2D eigenvalue weighted by Gasteiger charge is -2.37. The molecular formula is C31H42N2O. The van der Waals surface area contributed by atoms with Gasteiger partial charge in [-0.1, -0.05) is 75.4 Å². The van der Waals surface area contributed by atoms with Gasteiger partial charge in [0, 0.05) is 12.2 Å². The van der Waals surface area contributed by atoms with E-state index in [0.717, 1.165) is 29.1 Å². The van der Waals surface area contributed by atoms with Crippen molar-refractivity contribution in [2.75, 3.05) is 6.54 Å². The van der Waals surface area contributed by atoms with Crippen LogP contribution in [0.2, 0.25) is 0 Å². The van der Waals surface area contributed by atoms with Gasteiger partial charge in [0.1, 0.15) is 0 Å². The van der Waals surface area contributed by atoms with E-state index in [2.05, 4.69) is 94.7 Å². The minimum atomic E-state index is 0.0620. The smallest absolute Gasteiger partial charge is 0.155 e. The molecule has 1 heterocycles. The van der Waals surface area contributed by atoms with Crippen LogP contribution in [0.4, 0.5) is 0 Å². The Balaban J connectivity index is 2.87. The summed E-state index contributed by atoms with van der Waals surface area (Å²) in [5, 5.41) is 0. The minimum Gasteiger partial charge on any atom is -0.332 e. The molecule has 34 heavy (non-hydrogen) atoms. The standard InChI is InChI=1S/C31H42N2O/c1-10-28-22(5)17-18-30(29(32-11-2)19-24(7)26(9)34)33(31(28)20-23(6)21(3)4)25(8)27-15-13-12-14-16-27/h10,12-16,18-22,25H,6,11,17H2,1-5,7-9H3/b24-19-,28-10-,31-20+,32-29?. The molecule has 0 N–H and O–H groups in total. The van der Waals surface area contributed by atoms with Gasteiger partial charge in [-0.15, -0.1) is 0 Å². The van der Waals surface area contributed by atoms with E-state index in [0.29, 0.717) is 24.0 Å². The average molecular weight is 459 g/mol. The lowest BCUT2D eigenvalue weighted by Crippen LogP contribution is -2.30. The summed E-state index contributed by atoms with van der Waals surface area (Å²) in [5.74, 6) is 0.751. The Kier molecular flexibility index (Phi) is 10.0. The van der Waals surface area contributed by atoms with Crippen LogP contribution in [0.25, 0.3) is 0 Å². The molecule has 2 unspecified atom stereocenters. The molecule has 0 amide bonds. The second kappa shape index (κ2) is 12.5. The number of aliphatic imine (C=N–C) groups is 1. The van der Waals surface area contributed by atoms with Gasteiger partial charge < -0.3 is 4.90 Å². The maximum Gasteiger partial charge on any atom is 0.155 e. The van der Waals surface area contributed by atoms with Crippen molar-refractivity contribution in [1.29, 1.82) is 0 Å². The molecule has 0 bridgehead atoms. The Morgan fingerprint density at radius 2 is 1.85 bits per heavy atom. The average Bonchev–Trinajstić information content (AvgIpc) is 2.94. The molecule has 0 saturated carbocycles. The van der Waals surface area contributed by atoms with Gasteiger partial charge in [0.2, 0.25) is 0 Å². The zero-order valence-electron chi connectivity index (χ0n) is 22.4. The summed E-state index contributed by atoms with van der Waals surface area (Å²) in [5.41, 5.74) is 7.39. The fourth-order valence-corrected chi connectivity index (χ4v) is 4.17. The van der Waals surface area contributed by atoms with Crippen LogP contribution in [0.15, 0.2) is 94.3 Å². The van der Waals surface area contributed by atoms with E-state index >= 15 is 0 Å². The van der Waals surface area contributed by atoms with Gasteiger partial charge >= 0.3 is 0 Å². The van der Waals surface area contributed by atoms with Crippen molar-refractivity contribution in [3.05, 3.63) is 94.9 Å². The van der Waals surface area contributed by atoms with E-state index in [-0.39, 0.29) is 11.8 Å². The van der Waals surface area contributed by atoms with Crippen molar-refractivity contribution in [1.82, 2.24) is 4.90 Å². The molecule has 0 saturated heterocycles. The second-order valence-corrected chi connectivity index (χ2v) is 9.43. The summed E-state index contributed by atoms with van der Waals surface area (Å²) in [7, 11) is 0. The SMILES string of the molecule is C=C(/C=C1\C(=C/C)C(C)CC=C(C(/C=C(/C)C(C)=O)=NCC)N1C(C)c1ccccc1)C(C)C. The van der Waals surface area contributed by atoms with E-state index in [1.54, 1.807) is 6.92 Å². The minimum absolute atomic E-state index is 0.0620. The molecular weight excluding hydrogens is 416 g/mol. The molecule has 182 valence electrons. The normalized spacial score (nSPS) is 21.0. The molecule has 1 aliphatic rings. The quantitative estimate of drug-likeness (QED) is 0.292. The number of hydrogen-bond donors (Lipinski definition) is 0. The summed E-state index contributed by atoms with van der Waals surface area (Å²) >= 11 is 0. The largest absolute Gasteiger partial charge is 0.332 e. The van der Waals surface area contributed by atoms with Crippen LogP contribution >= 0.6 is 0 Å². The number of hydrogen-bond acceptors (Lipinski definition) is 3. The first-order valence-electron chi connectivity index (χ1n) is 12.5. The number of benzene rings is 1. The van der Waals surface area contributed by atoms with E-state index < -0.39 is 0 Å². The molecule has 0 aliphatic carbocycles. The molecule has 0 aromatic heterocycles. The van der Waals surface area contributed by atoms with Gasteiger partial charge in [-0.25, -0.2) is 0 Å². The van der Waals surface area contributed by atoms with E-state index in [1.165, 1.54) is 11.1 Å². The van der Waals surface area contributed by atoms with E-state index in [1.807, 2.05) is 19.9 Å². The van der Waals surface area contributed by atoms with Crippen molar-refractivity contribution in [3.8, 4) is 0 Å². The topological polar surface area (TPSA) is 32.7 Å². The summed E-state index contributed by atoms with van der Waals surface area (Å²) in [6.45, 7) is 21.5. The Bertz CT molecular complexity index is 1030. The van der Waals surface area contributed by atoms with Crippen LogP contribution in [0.3, 0.4) is 0 Å². The molecule has 0 fully saturated rings. The van der Waals surface area contributed by atoms with Crippen molar-refractivity contribution >= 4 is 11.5 Å². The predicted octanol–water partition coefficient (Wildman–Crippen LogP) is 8.01.